The molecule has 2 heterocycles. The molecular weight excluding hydrogens is 432 g/mol. The predicted molar refractivity (Wildman–Crippen MR) is 126 cm³/mol. The van der Waals surface area contributed by atoms with Crippen molar-refractivity contribution in [2.75, 3.05) is 11.1 Å². The van der Waals surface area contributed by atoms with Crippen molar-refractivity contribution in [2.45, 2.75) is 0 Å². The molecule has 2 aromatic heterocycles. The van der Waals surface area contributed by atoms with Crippen molar-refractivity contribution in [3.8, 4) is 40.5 Å². The standard InChI is InChI=1S/C25H18N6O3/c1-16(14-26)24(32)31-18-5-4-6-20(13-18)34-25-22(23(27)29-15-30-25)17-8-10-19(11-9-17)33-21-7-2-3-12-28-21/h2-13,15H,1H2,(H,31,32)(H2,27,29,30). The smallest absolute Gasteiger partial charge is 0.265 e. The molecule has 0 unspecified atom stereocenters. The number of rotatable bonds is 7. The third-order valence-corrected chi connectivity index (χ3v) is 4.56. The summed E-state index contributed by atoms with van der Waals surface area (Å²) in [5.74, 6) is 1.35. The first-order chi connectivity index (χ1) is 16.5. The highest BCUT2D eigenvalue weighted by atomic mass is 16.5. The van der Waals surface area contributed by atoms with Gasteiger partial charge < -0.3 is 20.5 Å². The maximum atomic E-state index is 11.9. The van der Waals surface area contributed by atoms with Crippen molar-refractivity contribution >= 4 is 17.4 Å². The van der Waals surface area contributed by atoms with Gasteiger partial charge in [-0.15, -0.1) is 0 Å². The Morgan fingerprint density at radius 2 is 1.79 bits per heavy atom. The van der Waals surface area contributed by atoms with Crippen LogP contribution in [0.4, 0.5) is 11.5 Å². The fourth-order valence-electron chi connectivity index (χ4n) is 2.96. The van der Waals surface area contributed by atoms with Crippen LogP contribution in [0.25, 0.3) is 11.1 Å². The van der Waals surface area contributed by atoms with Crippen molar-refractivity contribution in [3.05, 3.63) is 91.4 Å². The zero-order valence-electron chi connectivity index (χ0n) is 17.8. The van der Waals surface area contributed by atoms with Gasteiger partial charge >= 0.3 is 0 Å². The highest BCUT2D eigenvalue weighted by Crippen LogP contribution is 2.36. The van der Waals surface area contributed by atoms with E-state index in [4.69, 9.17) is 20.5 Å². The molecule has 0 saturated heterocycles. The normalized spacial score (nSPS) is 10.1. The predicted octanol–water partition coefficient (Wildman–Crippen LogP) is 4.72. The van der Waals surface area contributed by atoms with Crippen LogP contribution in [0.3, 0.4) is 0 Å². The van der Waals surface area contributed by atoms with Gasteiger partial charge in [0.1, 0.15) is 35.3 Å². The highest BCUT2D eigenvalue weighted by Gasteiger charge is 2.15. The summed E-state index contributed by atoms with van der Waals surface area (Å²) < 4.78 is 11.7. The topological polar surface area (TPSA) is 136 Å². The minimum absolute atomic E-state index is 0.201. The van der Waals surface area contributed by atoms with Crippen LogP contribution < -0.4 is 20.5 Å². The van der Waals surface area contributed by atoms with Crippen molar-refractivity contribution in [2.24, 2.45) is 0 Å². The maximum Gasteiger partial charge on any atom is 0.265 e. The number of nitrogen functional groups attached to an aromatic ring is 1. The van der Waals surface area contributed by atoms with E-state index < -0.39 is 5.91 Å². The highest BCUT2D eigenvalue weighted by molar-refractivity contribution is 6.06. The number of nitrogens with zero attached hydrogens (tertiary/aromatic N) is 4. The number of nitrogens with one attached hydrogen (secondary N) is 1. The Morgan fingerprint density at radius 3 is 2.53 bits per heavy atom. The Kier molecular flexibility index (Phi) is 6.42. The number of nitrogens with two attached hydrogens (primary N) is 1. The third kappa shape index (κ3) is 5.15. The minimum Gasteiger partial charge on any atom is -0.439 e. The third-order valence-electron chi connectivity index (χ3n) is 4.56. The van der Waals surface area contributed by atoms with Crippen molar-refractivity contribution < 1.29 is 14.3 Å². The quantitative estimate of drug-likeness (QED) is 0.305. The summed E-state index contributed by atoms with van der Waals surface area (Å²) in [6.45, 7) is 3.40. The monoisotopic (exact) mass is 450 g/mol. The molecule has 0 fully saturated rings. The van der Waals surface area contributed by atoms with Crippen LogP contribution in [0.2, 0.25) is 0 Å². The van der Waals surface area contributed by atoms with Crippen LogP contribution >= 0.6 is 0 Å². The molecule has 2 aromatic carbocycles. The van der Waals surface area contributed by atoms with Crippen LogP contribution in [-0.2, 0) is 4.79 Å². The summed E-state index contributed by atoms with van der Waals surface area (Å²) in [4.78, 5) is 24.4. The first kappa shape index (κ1) is 22.0. The Morgan fingerprint density at radius 1 is 0.971 bits per heavy atom. The number of nitriles is 1. The maximum absolute atomic E-state index is 11.9. The van der Waals surface area contributed by atoms with Crippen molar-refractivity contribution in [3.63, 3.8) is 0 Å². The van der Waals surface area contributed by atoms with E-state index in [1.54, 1.807) is 54.7 Å². The van der Waals surface area contributed by atoms with E-state index in [9.17, 15) is 4.79 Å². The summed E-state index contributed by atoms with van der Waals surface area (Å²) >= 11 is 0. The van der Waals surface area contributed by atoms with E-state index in [1.165, 1.54) is 6.33 Å². The average Bonchev–Trinajstić information content (AvgIpc) is 2.85. The lowest BCUT2D eigenvalue weighted by molar-refractivity contribution is -0.112. The minimum atomic E-state index is -0.598. The van der Waals surface area contributed by atoms with Crippen LogP contribution in [0, 0.1) is 11.3 Å². The van der Waals surface area contributed by atoms with Gasteiger partial charge in [-0.25, -0.2) is 15.0 Å². The van der Waals surface area contributed by atoms with Gasteiger partial charge in [0.25, 0.3) is 5.91 Å². The van der Waals surface area contributed by atoms with E-state index in [1.807, 2.05) is 24.3 Å². The molecule has 0 saturated carbocycles. The lowest BCUT2D eigenvalue weighted by atomic mass is 10.1. The zero-order valence-corrected chi connectivity index (χ0v) is 17.8. The molecule has 0 aliphatic rings. The number of hydrogen-bond acceptors (Lipinski definition) is 8. The van der Waals surface area contributed by atoms with Crippen LogP contribution in [0.1, 0.15) is 0 Å². The molecule has 3 N–H and O–H groups in total. The second-order valence-electron chi connectivity index (χ2n) is 6.91. The van der Waals surface area contributed by atoms with Gasteiger partial charge in [0, 0.05) is 24.0 Å². The Bertz CT molecular complexity index is 1380. The zero-order chi connectivity index (χ0) is 23.9. The molecule has 0 radical (unpaired) electrons. The summed E-state index contributed by atoms with van der Waals surface area (Å²) in [6, 6.07) is 20.9. The summed E-state index contributed by atoms with van der Waals surface area (Å²) in [7, 11) is 0. The van der Waals surface area contributed by atoms with Gasteiger partial charge in [0.15, 0.2) is 0 Å². The fraction of sp³-hybridized carbons (Fsp3) is 0. The number of hydrogen-bond donors (Lipinski definition) is 2. The summed E-state index contributed by atoms with van der Waals surface area (Å²) in [5, 5.41) is 11.4. The van der Waals surface area contributed by atoms with Gasteiger partial charge in [0.05, 0.1) is 5.56 Å². The number of carbonyl (C=O) groups is 1. The molecule has 0 aliphatic carbocycles. The first-order valence-electron chi connectivity index (χ1n) is 10.0. The van der Waals surface area contributed by atoms with E-state index in [0.717, 1.165) is 5.56 Å². The Labute approximate surface area is 195 Å². The number of aromatic nitrogens is 3. The van der Waals surface area contributed by atoms with Crippen molar-refractivity contribution in [1.29, 1.82) is 5.26 Å². The van der Waals surface area contributed by atoms with Crippen molar-refractivity contribution in [1.82, 2.24) is 15.0 Å². The summed E-state index contributed by atoms with van der Waals surface area (Å²) in [6.07, 6.45) is 2.95. The molecule has 0 atom stereocenters. The number of amides is 1. The van der Waals surface area contributed by atoms with E-state index in [2.05, 4.69) is 26.8 Å². The Balaban J connectivity index is 1.57. The number of anilines is 2. The molecule has 9 heteroatoms. The van der Waals surface area contributed by atoms with E-state index in [-0.39, 0.29) is 17.3 Å². The lowest BCUT2D eigenvalue weighted by Crippen LogP contribution is -2.12. The van der Waals surface area contributed by atoms with Gasteiger partial charge in [0.2, 0.25) is 11.8 Å². The number of carbonyl (C=O) groups excluding carboxylic acids is 1. The van der Waals surface area contributed by atoms with E-state index >= 15 is 0 Å². The molecule has 166 valence electrons. The first-order valence-corrected chi connectivity index (χ1v) is 10.0. The number of benzene rings is 2. The molecule has 4 aromatic rings. The summed E-state index contributed by atoms with van der Waals surface area (Å²) in [5.41, 5.74) is 7.59. The molecular formula is C25H18N6O3. The van der Waals surface area contributed by atoms with Gasteiger partial charge in [-0.1, -0.05) is 30.8 Å². The molecule has 9 nitrogen and oxygen atoms in total. The van der Waals surface area contributed by atoms with Crippen LogP contribution in [-0.4, -0.2) is 20.9 Å². The second-order valence-corrected chi connectivity index (χ2v) is 6.91. The molecule has 0 bridgehead atoms. The molecule has 0 aliphatic heterocycles. The fourth-order valence-corrected chi connectivity index (χ4v) is 2.96. The van der Waals surface area contributed by atoms with Crippen LogP contribution in [0.5, 0.6) is 23.3 Å². The number of ether oxygens (including phenoxy) is 2. The number of pyridine rings is 1. The van der Waals surface area contributed by atoms with E-state index in [0.29, 0.717) is 28.6 Å². The van der Waals surface area contributed by atoms with Gasteiger partial charge in [-0.3, -0.25) is 4.79 Å². The molecule has 1 amide bonds. The molecule has 0 spiro atoms. The molecule has 34 heavy (non-hydrogen) atoms. The van der Waals surface area contributed by atoms with Crippen LogP contribution in [0.15, 0.2) is 91.4 Å². The lowest BCUT2D eigenvalue weighted by Gasteiger charge is -2.13. The second kappa shape index (κ2) is 9.93. The molecule has 4 rings (SSSR count). The average molecular weight is 450 g/mol. The largest absolute Gasteiger partial charge is 0.439 e. The SMILES string of the molecule is C=C(C#N)C(=O)Nc1cccc(Oc2ncnc(N)c2-c2ccc(Oc3ccccn3)cc2)c1. The Hall–Kier alpha value is -5.23. The van der Waals surface area contributed by atoms with Gasteiger partial charge in [-0.2, -0.15) is 5.26 Å². The van der Waals surface area contributed by atoms with Gasteiger partial charge in [-0.05, 0) is 35.9 Å².